The molecular weight excluding hydrogens is 228 g/mol. The van der Waals surface area contributed by atoms with Crippen LogP contribution in [0.4, 0.5) is 0 Å². The molecule has 2 heterocycles. The number of hydrogen-bond donors (Lipinski definition) is 1. The first-order chi connectivity index (χ1) is 8.72. The third-order valence-corrected chi connectivity index (χ3v) is 4.29. The molecule has 0 amide bonds. The van der Waals surface area contributed by atoms with E-state index in [4.69, 9.17) is 9.47 Å². The first kappa shape index (κ1) is 14.3. The molecule has 2 saturated heterocycles. The van der Waals surface area contributed by atoms with E-state index in [1.165, 1.54) is 25.8 Å². The maximum absolute atomic E-state index is 5.62. The molecule has 2 aliphatic rings. The largest absolute Gasteiger partial charge is 0.381 e. The van der Waals surface area contributed by atoms with Crippen molar-refractivity contribution in [3.05, 3.63) is 0 Å². The van der Waals surface area contributed by atoms with Crippen LogP contribution in [0.5, 0.6) is 0 Å². The number of nitrogens with zero attached hydrogens (tertiary/aromatic N) is 1. The molecule has 0 spiro atoms. The Hall–Kier alpha value is -0.160. The van der Waals surface area contributed by atoms with Crippen molar-refractivity contribution >= 4 is 0 Å². The van der Waals surface area contributed by atoms with Crippen molar-refractivity contribution in [1.82, 2.24) is 10.2 Å². The summed E-state index contributed by atoms with van der Waals surface area (Å²) in [5.74, 6) is 0.732. The van der Waals surface area contributed by atoms with Crippen molar-refractivity contribution < 1.29 is 9.47 Å². The van der Waals surface area contributed by atoms with Gasteiger partial charge in [-0.2, -0.15) is 0 Å². The molecule has 0 aliphatic carbocycles. The highest BCUT2D eigenvalue weighted by molar-refractivity contribution is 4.84. The maximum atomic E-state index is 5.62. The summed E-state index contributed by atoms with van der Waals surface area (Å²) >= 11 is 0. The molecule has 0 aromatic rings. The van der Waals surface area contributed by atoms with Crippen LogP contribution >= 0.6 is 0 Å². The molecular formula is C14H28N2O2. The predicted octanol–water partition coefficient (Wildman–Crippen LogP) is 1.11. The lowest BCUT2D eigenvalue weighted by molar-refractivity contribution is -0.0502. The Labute approximate surface area is 111 Å². The van der Waals surface area contributed by atoms with Crippen molar-refractivity contribution in [1.29, 1.82) is 0 Å². The summed E-state index contributed by atoms with van der Waals surface area (Å²) < 4.78 is 11.0. The van der Waals surface area contributed by atoms with Crippen molar-refractivity contribution in [3.8, 4) is 0 Å². The van der Waals surface area contributed by atoms with Gasteiger partial charge in [-0.1, -0.05) is 0 Å². The molecule has 4 nitrogen and oxygen atoms in total. The molecule has 0 saturated carbocycles. The van der Waals surface area contributed by atoms with Crippen molar-refractivity contribution in [2.45, 2.75) is 31.8 Å². The third kappa shape index (κ3) is 4.19. The van der Waals surface area contributed by atoms with Gasteiger partial charge in [-0.05, 0) is 38.6 Å². The second kappa shape index (κ2) is 6.85. The van der Waals surface area contributed by atoms with E-state index in [2.05, 4.69) is 17.1 Å². The fourth-order valence-electron chi connectivity index (χ4n) is 2.95. The van der Waals surface area contributed by atoms with Crippen LogP contribution in [0.25, 0.3) is 0 Å². The number of piperidine rings is 1. The van der Waals surface area contributed by atoms with Crippen molar-refractivity contribution in [2.75, 3.05) is 53.0 Å². The van der Waals surface area contributed by atoms with Crippen molar-refractivity contribution in [3.63, 3.8) is 0 Å². The van der Waals surface area contributed by atoms with Crippen LogP contribution in [-0.4, -0.2) is 63.5 Å². The summed E-state index contributed by atoms with van der Waals surface area (Å²) in [7, 11) is 1.84. The number of rotatable bonds is 6. The molecule has 0 radical (unpaired) electrons. The van der Waals surface area contributed by atoms with Gasteiger partial charge in [0.05, 0.1) is 12.2 Å². The Morgan fingerprint density at radius 2 is 2.39 bits per heavy atom. The molecule has 1 N–H and O–H groups in total. The molecule has 0 bridgehead atoms. The molecule has 2 unspecified atom stereocenters. The molecule has 18 heavy (non-hydrogen) atoms. The van der Waals surface area contributed by atoms with Crippen LogP contribution in [0.2, 0.25) is 0 Å². The normalized spacial score (nSPS) is 34.0. The van der Waals surface area contributed by atoms with E-state index in [1.54, 1.807) is 0 Å². The van der Waals surface area contributed by atoms with Crippen LogP contribution in [-0.2, 0) is 9.47 Å². The quantitative estimate of drug-likeness (QED) is 0.722. The molecule has 2 atom stereocenters. The SMILES string of the molecule is COC1(C)CCCN(CCNCC2CCOC2)C1. The van der Waals surface area contributed by atoms with E-state index in [0.29, 0.717) is 0 Å². The zero-order chi connectivity index (χ0) is 12.8. The number of methoxy groups -OCH3 is 1. The smallest absolute Gasteiger partial charge is 0.0777 e. The van der Waals surface area contributed by atoms with Gasteiger partial charge in [-0.25, -0.2) is 0 Å². The lowest BCUT2D eigenvalue weighted by atomic mass is 9.95. The molecule has 2 fully saturated rings. The third-order valence-electron chi connectivity index (χ3n) is 4.29. The van der Waals surface area contributed by atoms with E-state index >= 15 is 0 Å². The van der Waals surface area contributed by atoms with Gasteiger partial charge in [0.15, 0.2) is 0 Å². The number of hydrogen-bond acceptors (Lipinski definition) is 4. The molecule has 4 heteroatoms. The minimum atomic E-state index is 0.0670. The topological polar surface area (TPSA) is 33.7 Å². The minimum Gasteiger partial charge on any atom is -0.381 e. The Balaban J connectivity index is 1.58. The molecule has 106 valence electrons. The zero-order valence-corrected chi connectivity index (χ0v) is 11.9. The summed E-state index contributed by atoms with van der Waals surface area (Å²) in [5.41, 5.74) is 0.0670. The van der Waals surface area contributed by atoms with Crippen LogP contribution in [0.15, 0.2) is 0 Å². The van der Waals surface area contributed by atoms with Gasteiger partial charge in [0.25, 0.3) is 0 Å². The summed E-state index contributed by atoms with van der Waals surface area (Å²) in [4.78, 5) is 2.52. The van der Waals surface area contributed by atoms with Crippen LogP contribution in [0, 0.1) is 5.92 Å². The van der Waals surface area contributed by atoms with Crippen LogP contribution < -0.4 is 5.32 Å². The second-order valence-electron chi connectivity index (χ2n) is 5.97. The van der Waals surface area contributed by atoms with Gasteiger partial charge in [0, 0.05) is 39.9 Å². The maximum Gasteiger partial charge on any atom is 0.0777 e. The van der Waals surface area contributed by atoms with Gasteiger partial charge < -0.3 is 14.8 Å². The predicted molar refractivity (Wildman–Crippen MR) is 72.9 cm³/mol. The van der Waals surface area contributed by atoms with E-state index in [0.717, 1.165) is 45.3 Å². The Morgan fingerprint density at radius 3 is 3.11 bits per heavy atom. The fourth-order valence-corrected chi connectivity index (χ4v) is 2.95. The zero-order valence-electron chi connectivity index (χ0n) is 11.9. The second-order valence-corrected chi connectivity index (χ2v) is 5.97. The average Bonchev–Trinajstić information content (AvgIpc) is 2.88. The van der Waals surface area contributed by atoms with Gasteiger partial charge >= 0.3 is 0 Å². The van der Waals surface area contributed by atoms with E-state index in [-0.39, 0.29) is 5.60 Å². The van der Waals surface area contributed by atoms with Crippen LogP contribution in [0.3, 0.4) is 0 Å². The number of likely N-dealkylation sites (tertiary alicyclic amines) is 1. The summed E-state index contributed by atoms with van der Waals surface area (Å²) in [6.07, 6.45) is 3.66. The van der Waals surface area contributed by atoms with Gasteiger partial charge in [0.2, 0.25) is 0 Å². The van der Waals surface area contributed by atoms with E-state index < -0.39 is 0 Å². The van der Waals surface area contributed by atoms with E-state index in [1.807, 2.05) is 7.11 Å². The first-order valence-corrected chi connectivity index (χ1v) is 7.28. The lowest BCUT2D eigenvalue weighted by Gasteiger charge is -2.39. The lowest BCUT2D eigenvalue weighted by Crippen LogP contribution is -2.49. The number of nitrogens with one attached hydrogen (secondary N) is 1. The fraction of sp³-hybridized carbons (Fsp3) is 1.00. The van der Waals surface area contributed by atoms with E-state index in [9.17, 15) is 0 Å². The minimum absolute atomic E-state index is 0.0670. The Bertz CT molecular complexity index is 244. The summed E-state index contributed by atoms with van der Waals surface area (Å²) in [5, 5.41) is 3.56. The summed E-state index contributed by atoms with van der Waals surface area (Å²) in [6.45, 7) is 9.72. The van der Waals surface area contributed by atoms with Crippen LogP contribution in [0.1, 0.15) is 26.2 Å². The number of ether oxygens (including phenoxy) is 2. The summed E-state index contributed by atoms with van der Waals surface area (Å²) in [6, 6.07) is 0. The molecule has 0 aromatic carbocycles. The highest BCUT2D eigenvalue weighted by Crippen LogP contribution is 2.23. The monoisotopic (exact) mass is 256 g/mol. The Kier molecular flexibility index (Phi) is 5.42. The highest BCUT2D eigenvalue weighted by atomic mass is 16.5. The standard InChI is InChI=1S/C14H28N2O2/c1-14(17-2)5-3-7-16(12-14)8-6-15-10-13-4-9-18-11-13/h13,15H,3-12H2,1-2H3. The van der Waals surface area contributed by atoms with Gasteiger partial charge in [-0.3, -0.25) is 4.90 Å². The molecule has 0 aromatic heterocycles. The van der Waals surface area contributed by atoms with Crippen molar-refractivity contribution in [2.24, 2.45) is 5.92 Å². The average molecular weight is 256 g/mol. The van der Waals surface area contributed by atoms with Gasteiger partial charge in [-0.15, -0.1) is 0 Å². The van der Waals surface area contributed by atoms with Gasteiger partial charge in [0.1, 0.15) is 0 Å². The first-order valence-electron chi connectivity index (χ1n) is 7.28. The molecule has 2 aliphatic heterocycles. The molecule has 2 rings (SSSR count). The Morgan fingerprint density at radius 1 is 1.50 bits per heavy atom. The highest BCUT2D eigenvalue weighted by Gasteiger charge is 2.30.